The van der Waals surface area contributed by atoms with E-state index in [1.54, 1.807) is 18.2 Å². The first-order valence-electron chi connectivity index (χ1n) is 2.65. The zero-order valence-electron chi connectivity index (χ0n) is 5.47. The maximum Gasteiger partial charge on any atom is 0.231 e. The third-order valence-electron chi connectivity index (χ3n) is 0.787. The average Bonchev–Trinajstić information content (AvgIpc) is 1.88. The topological polar surface area (TPSA) is 40.9 Å². The highest BCUT2D eigenvalue weighted by molar-refractivity contribution is 6.34. The fourth-order valence-electron chi connectivity index (χ4n) is 0.460. The molecule has 0 saturated carbocycles. The first-order valence-corrected chi connectivity index (χ1v) is 3.41. The molecular formula is C7H5Cl2NO. The lowest BCUT2D eigenvalue weighted by molar-refractivity contribution is 0.563. The Kier molecular flexibility index (Phi) is 5.49. The van der Waals surface area contributed by atoms with Gasteiger partial charge in [-0.25, -0.2) is 10.2 Å². The van der Waals surface area contributed by atoms with Crippen LogP contribution in [0.15, 0.2) is 24.3 Å². The molecule has 0 fully saturated rings. The molecule has 0 radical (unpaired) electrons. The molecule has 0 spiro atoms. The van der Waals surface area contributed by atoms with Gasteiger partial charge < -0.3 is 0 Å². The van der Waals surface area contributed by atoms with Crippen molar-refractivity contribution in [3.8, 4) is 0 Å². The van der Waals surface area contributed by atoms with Crippen molar-refractivity contribution in [2.45, 2.75) is 0 Å². The highest BCUT2D eigenvalue weighted by atomic mass is 35.5. The summed E-state index contributed by atoms with van der Waals surface area (Å²) < 4.78 is 0. The minimum absolute atomic E-state index is 0.678. The van der Waals surface area contributed by atoms with E-state index in [4.69, 9.17) is 33.4 Å². The van der Waals surface area contributed by atoms with Crippen LogP contribution in [0.1, 0.15) is 0 Å². The van der Waals surface area contributed by atoms with Gasteiger partial charge in [-0.15, -0.1) is 0 Å². The molecule has 1 rings (SSSR count). The van der Waals surface area contributed by atoms with E-state index in [0.717, 1.165) is 6.08 Å². The fourth-order valence-corrected chi connectivity index (χ4v) is 0.896. The third kappa shape index (κ3) is 5.62. The molecular weight excluding hydrogens is 185 g/mol. The molecule has 0 heterocycles. The first kappa shape index (κ1) is 10.2. The van der Waals surface area contributed by atoms with Gasteiger partial charge in [0.15, 0.2) is 0 Å². The van der Waals surface area contributed by atoms with Gasteiger partial charge in [0.2, 0.25) is 6.08 Å². The monoisotopic (exact) mass is 189 g/mol. The van der Waals surface area contributed by atoms with Crippen molar-refractivity contribution in [2.24, 2.45) is 0 Å². The third-order valence-corrected chi connectivity index (χ3v) is 1.26. The SMILES string of the molecule is Clc1cccc(Cl)c1.N=C=O. The first-order chi connectivity index (χ1) is 5.20. The molecule has 1 N–H and O–H groups in total. The highest BCUT2D eigenvalue weighted by Gasteiger charge is 1.84. The number of benzene rings is 1. The van der Waals surface area contributed by atoms with E-state index in [1.165, 1.54) is 0 Å². The van der Waals surface area contributed by atoms with E-state index in [-0.39, 0.29) is 0 Å². The van der Waals surface area contributed by atoms with Crippen LogP contribution in [0.5, 0.6) is 0 Å². The van der Waals surface area contributed by atoms with E-state index in [2.05, 4.69) is 0 Å². The van der Waals surface area contributed by atoms with Crippen molar-refractivity contribution in [3.05, 3.63) is 34.3 Å². The van der Waals surface area contributed by atoms with Crippen molar-refractivity contribution in [2.75, 3.05) is 0 Å². The Hall–Kier alpha value is -0.820. The van der Waals surface area contributed by atoms with Crippen LogP contribution in [0.3, 0.4) is 0 Å². The van der Waals surface area contributed by atoms with Gasteiger partial charge in [-0.2, -0.15) is 0 Å². The number of rotatable bonds is 0. The Morgan fingerprint density at radius 3 is 1.82 bits per heavy atom. The van der Waals surface area contributed by atoms with Crippen LogP contribution in [0, 0.1) is 5.41 Å². The van der Waals surface area contributed by atoms with Crippen LogP contribution < -0.4 is 0 Å². The Morgan fingerprint density at radius 2 is 1.64 bits per heavy atom. The summed E-state index contributed by atoms with van der Waals surface area (Å²) in [6.07, 6.45) is 0.750. The summed E-state index contributed by atoms with van der Waals surface area (Å²) in [5.74, 6) is 0. The van der Waals surface area contributed by atoms with Crippen LogP contribution in [0.2, 0.25) is 10.0 Å². The molecule has 0 aliphatic rings. The van der Waals surface area contributed by atoms with Gasteiger partial charge in [0, 0.05) is 10.0 Å². The van der Waals surface area contributed by atoms with Gasteiger partial charge in [0.25, 0.3) is 0 Å². The quantitative estimate of drug-likeness (QED) is 0.495. The van der Waals surface area contributed by atoms with E-state index in [0.29, 0.717) is 10.0 Å². The minimum Gasteiger partial charge on any atom is -0.222 e. The van der Waals surface area contributed by atoms with Gasteiger partial charge in [-0.3, -0.25) is 0 Å². The molecule has 0 atom stereocenters. The molecule has 0 saturated heterocycles. The summed E-state index contributed by atoms with van der Waals surface area (Å²) in [4.78, 5) is 8.35. The molecule has 0 bridgehead atoms. The van der Waals surface area contributed by atoms with Crippen molar-refractivity contribution < 1.29 is 4.79 Å². The molecule has 0 unspecified atom stereocenters. The van der Waals surface area contributed by atoms with Gasteiger partial charge >= 0.3 is 0 Å². The molecule has 0 amide bonds. The summed E-state index contributed by atoms with van der Waals surface area (Å²) >= 11 is 11.1. The number of isocyanates is 1. The van der Waals surface area contributed by atoms with Crippen LogP contribution >= 0.6 is 23.2 Å². The maximum atomic E-state index is 8.35. The van der Waals surface area contributed by atoms with Crippen molar-refractivity contribution >= 4 is 29.3 Å². The Bertz CT molecular complexity index is 239. The summed E-state index contributed by atoms with van der Waals surface area (Å²) in [5, 5.41) is 6.76. The Balaban J connectivity index is 0.000000292. The van der Waals surface area contributed by atoms with Crippen molar-refractivity contribution in [1.82, 2.24) is 0 Å². The Labute approximate surface area is 74.3 Å². The molecule has 1 aromatic carbocycles. The Morgan fingerprint density at radius 1 is 1.27 bits per heavy atom. The average molecular weight is 190 g/mol. The molecule has 4 heteroatoms. The summed E-state index contributed by atoms with van der Waals surface area (Å²) in [7, 11) is 0. The molecule has 0 aromatic heterocycles. The van der Waals surface area contributed by atoms with Crippen LogP contribution in [-0.2, 0) is 4.79 Å². The second kappa shape index (κ2) is 5.93. The molecule has 58 valence electrons. The van der Waals surface area contributed by atoms with E-state index in [9.17, 15) is 0 Å². The van der Waals surface area contributed by atoms with Gasteiger partial charge in [0.1, 0.15) is 0 Å². The zero-order chi connectivity index (χ0) is 8.69. The molecule has 0 aliphatic heterocycles. The molecule has 2 nitrogen and oxygen atoms in total. The summed E-state index contributed by atoms with van der Waals surface area (Å²) in [5.41, 5.74) is 0. The fraction of sp³-hybridized carbons (Fsp3) is 0. The molecule has 11 heavy (non-hydrogen) atoms. The number of halogens is 2. The summed E-state index contributed by atoms with van der Waals surface area (Å²) in [6.45, 7) is 0. The second-order valence-corrected chi connectivity index (χ2v) is 2.41. The van der Waals surface area contributed by atoms with Crippen LogP contribution in [-0.4, -0.2) is 6.08 Å². The van der Waals surface area contributed by atoms with Crippen LogP contribution in [0.4, 0.5) is 0 Å². The van der Waals surface area contributed by atoms with Gasteiger partial charge in [-0.1, -0.05) is 29.3 Å². The summed E-state index contributed by atoms with van der Waals surface area (Å²) in [6, 6.07) is 7.08. The largest absolute Gasteiger partial charge is 0.231 e. The normalized spacial score (nSPS) is 7.45. The smallest absolute Gasteiger partial charge is 0.222 e. The minimum atomic E-state index is 0.678. The van der Waals surface area contributed by atoms with Gasteiger partial charge in [0.05, 0.1) is 0 Å². The van der Waals surface area contributed by atoms with Crippen molar-refractivity contribution in [1.29, 1.82) is 5.41 Å². The number of hydrogen-bond donors (Lipinski definition) is 1. The number of hydrogen-bond acceptors (Lipinski definition) is 2. The van der Waals surface area contributed by atoms with Gasteiger partial charge in [-0.05, 0) is 18.2 Å². The second-order valence-electron chi connectivity index (χ2n) is 1.54. The van der Waals surface area contributed by atoms with E-state index < -0.39 is 0 Å². The van der Waals surface area contributed by atoms with Crippen molar-refractivity contribution in [3.63, 3.8) is 0 Å². The van der Waals surface area contributed by atoms with Crippen LogP contribution in [0.25, 0.3) is 0 Å². The molecule has 1 aromatic rings. The lowest BCUT2D eigenvalue weighted by atomic mass is 10.4. The van der Waals surface area contributed by atoms with E-state index in [1.807, 2.05) is 6.07 Å². The molecule has 0 aliphatic carbocycles. The lowest BCUT2D eigenvalue weighted by Gasteiger charge is -1.86. The number of nitrogens with one attached hydrogen (secondary N) is 1. The highest BCUT2D eigenvalue weighted by Crippen LogP contribution is 2.13. The predicted octanol–water partition coefficient (Wildman–Crippen LogP) is 2.89. The maximum absolute atomic E-state index is 8.35. The van der Waals surface area contributed by atoms with E-state index >= 15 is 0 Å². The number of carbonyl (C=O) groups excluding carboxylic acids is 1. The lowest BCUT2D eigenvalue weighted by Crippen LogP contribution is -1.61. The standard InChI is InChI=1S/C6H4Cl2.CHNO/c7-5-2-1-3-6(8)4-5;2-1-3/h1-4H;2H. The predicted molar refractivity (Wildman–Crippen MR) is 44.9 cm³/mol. The zero-order valence-corrected chi connectivity index (χ0v) is 6.99.